The third-order valence-corrected chi connectivity index (χ3v) is 7.74. The average Bonchev–Trinajstić information content (AvgIpc) is 3.33. The summed E-state index contributed by atoms with van der Waals surface area (Å²) in [5, 5.41) is 20.8. The minimum absolute atomic E-state index is 0.140. The summed E-state index contributed by atoms with van der Waals surface area (Å²) < 4.78 is 21.4. The standard InChI is InChI=1S/C26H24FN3O6.2C2H6/c1-11-13-3-4-19(29(5-6-31)12(2)32)22-15-9-30-20(23(15)28-18(21(13)22)8-17(11)27)7-14-16(25(30)34)10-36-26(35)24(14)33;2*1-2/h7-8,19,24,31,33H,3-6,9-10H2,1-2H3;2*1-2H3. The van der Waals surface area contributed by atoms with Crippen LogP contribution in [0, 0.1) is 12.7 Å². The van der Waals surface area contributed by atoms with E-state index in [9.17, 15) is 29.0 Å². The van der Waals surface area contributed by atoms with Gasteiger partial charge in [0.25, 0.3) is 5.56 Å². The number of amides is 1. The molecule has 1 aromatic carbocycles. The molecule has 214 valence electrons. The number of carbonyl (C=O) groups excluding carboxylic acids is 2. The summed E-state index contributed by atoms with van der Waals surface area (Å²) in [5.41, 5.74) is 4.20. The van der Waals surface area contributed by atoms with Gasteiger partial charge in [0.15, 0.2) is 6.10 Å². The summed E-state index contributed by atoms with van der Waals surface area (Å²) in [4.78, 5) is 44.4. The predicted octanol–water partition coefficient (Wildman–Crippen LogP) is 3.84. The van der Waals surface area contributed by atoms with Crippen molar-refractivity contribution in [2.75, 3.05) is 13.2 Å². The third kappa shape index (κ3) is 4.39. The number of cyclic esters (lactones) is 1. The second-order valence-corrected chi connectivity index (χ2v) is 9.56. The van der Waals surface area contributed by atoms with E-state index in [1.54, 1.807) is 17.9 Å². The molecule has 4 heterocycles. The van der Waals surface area contributed by atoms with E-state index in [1.165, 1.54) is 17.6 Å². The summed E-state index contributed by atoms with van der Waals surface area (Å²) in [7, 11) is 0. The number of pyridine rings is 2. The maximum absolute atomic E-state index is 14.9. The SMILES string of the molecule is CC.CC.CC(=O)N(CCO)C1CCc2c(C)c(F)cc3nc4c(c1c23)Cn1c-4cc2c(c1=O)COC(=O)C2O. The Morgan fingerprint density at radius 3 is 2.52 bits per heavy atom. The average molecular weight is 554 g/mol. The summed E-state index contributed by atoms with van der Waals surface area (Å²) >= 11 is 0. The maximum atomic E-state index is 14.9. The fourth-order valence-electron chi connectivity index (χ4n) is 6.03. The Labute approximate surface area is 232 Å². The van der Waals surface area contributed by atoms with Gasteiger partial charge in [-0.25, -0.2) is 14.2 Å². The van der Waals surface area contributed by atoms with Crippen LogP contribution in [0.3, 0.4) is 0 Å². The Morgan fingerprint density at radius 1 is 1.18 bits per heavy atom. The number of nitrogens with zero attached hydrogens (tertiary/aromatic N) is 3. The Balaban J connectivity index is 0.000000886. The van der Waals surface area contributed by atoms with E-state index in [0.29, 0.717) is 35.3 Å². The molecule has 0 radical (unpaired) electrons. The van der Waals surface area contributed by atoms with Gasteiger partial charge in [0.2, 0.25) is 5.91 Å². The second kappa shape index (κ2) is 11.5. The molecular weight excluding hydrogens is 517 g/mol. The molecule has 0 saturated carbocycles. The van der Waals surface area contributed by atoms with Crippen molar-refractivity contribution in [1.29, 1.82) is 0 Å². The normalized spacial score (nSPS) is 17.9. The Morgan fingerprint density at radius 2 is 1.88 bits per heavy atom. The number of halogens is 1. The number of rotatable bonds is 3. The molecule has 2 aliphatic heterocycles. The van der Waals surface area contributed by atoms with Crippen molar-refractivity contribution in [2.45, 2.75) is 79.7 Å². The van der Waals surface area contributed by atoms with Crippen molar-refractivity contribution < 1.29 is 28.9 Å². The van der Waals surface area contributed by atoms with Crippen LogP contribution in [0.15, 0.2) is 16.9 Å². The van der Waals surface area contributed by atoms with Crippen LogP contribution in [0.2, 0.25) is 0 Å². The number of fused-ring (bicyclic) bond motifs is 5. The number of ether oxygens (including phenoxy) is 1. The van der Waals surface area contributed by atoms with Gasteiger partial charge in [-0.15, -0.1) is 0 Å². The molecule has 6 rings (SSSR count). The number of benzene rings is 1. The van der Waals surface area contributed by atoms with Crippen molar-refractivity contribution in [1.82, 2.24) is 14.5 Å². The lowest BCUT2D eigenvalue weighted by atomic mass is 9.81. The largest absolute Gasteiger partial charge is 0.458 e. The Kier molecular flexibility index (Phi) is 8.41. The monoisotopic (exact) mass is 553 g/mol. The number of aromatic nitrogens is 2. The number of aliphatic hydroxyl groups is 2. The summed E-state index contributed by atoms with van der Waals surface area (Å²) in [6.07, 6.45) is -0.502. The highest BCUT2D eigenvalue weighted by molar-refractivity contribution is 5.93. The van der Waals surface area contributed by atoms with Crippen LogP contribution in [0.4, 0.5) is 4.39 Å². The number of aliphatic hydroxyl groups excluding tert-OH is 2. The fourth-order valence-corrected chi connectivity index (χ4v) is 6.03. The first kappa shape index (κ1) is 29.4. The molecule has 0 spiro atoms. The smallest absolute Gasteiger partial charge is 0.340 e. The highest BCUT2D eigenvalue weighted by Gasteiger charge is 2.38. The van der Waals surface area contributed by atoms with E-state index in [-0.39, 0.29) is 55.2 Å². The van der Waals surface area contributed by atoms with Gasteiger partial charge in [0.05, 0.1) is 41.7 Å². The molecule has 0 saturated heterocycles. The minimum atomic E-state index is -1.58. The number of hydrogen-bond acceptors (Lipinski definition) is 7. The van der Waals surface area contributed by atoms with Gasteiger partial charge in [-0.2, -0.15) is 0 Å². The first-order chi connectivity index (χ1) is 19.2. The van der Waals surface area contributed by atoms with E-state index in [2.05, 4.69) is 0 Å². The fraction of sp³-hybridized carbons (Fsp3) is 0.467. The Bertz CT molecular complexity index is 1560. The van der Waals surface area contributed by atoms with Gasteiger partial charge in [-0.1, -0.05) is 27.7 Å². The molecule has 2 N–H and O–H groups in total. The van der Waals surface area contributed by atoms with Crippen LogP contribution in [0.5, 0.6) is 0 Å². The van der Waals surface area contributed by atoms with Crippen molar-refractivity contribution in [3.63, 3.8) is 0 Å². The zero-order valence-electron chi connectivity index (χ0n) is 23.8. The zero-order chi connectivity index (χ0) is 29.5. The van der Waals surface area contributed by atoms with E-state index in [1.807, 2.05) is 27.7 Å². The molecule has 2 aromatic heterocycles. The lowest BCUT2D eigenvalue weighted by Gasteiger charge is -2.36. The number of carbonyl (C=O) groups is 2. The van der Waals surface area contributed by atoms with Crippen LogP contribution < -0.4 is 5.56 Å². The van der Waals surface area contributed by atoms with Gasteiger partial charge in [0.1, 0.15) is 12.4 Å². The van der Waals surface area contributed by atoms with E-state index >= 15 is 0 Å². The lowest BCUT2D eigenvalue weighted by Crippen LogP contribution is -2.37. The molecule has 1 aliphatic carbocycles. The molecule has 0 bridgehead atoms. The zero-order valence-corrected chi connectivity index (χ0v) is 23.8. The summed E-state index contributed by atoms with van der Waals surface area (Å²) in [6.45, 7) is 11.1. The first-order valence-corrected chi connectivity index (χ1v) is 13.9. The van der Waals surface area contributed by atoms with E-state index in [0.717, 1.165) is 22.1 Å². The number of hydrogen-bond donors (Lipinski definition) is 2. The van der Waals surface area contributed by atoms with Gasteiger partial charge in [-0.05, 0) is 42.5 Å². The molecule has 40 heavy (non-hydrogen) atoms. The van der Waals surface area contributed by atoms with Gasteiger partial charge in [-0.3, -0.25) is 9.59 Å². The minimum Gasteiger partial charge on any atom is -0.458 e. The highest BCUT2D eigenvalue weighted by Crippen LogP contribution is 2.47. The van der Waals surface area contributed by atoms with Crippen molar-refractivity contribution >= 4 is 22.8 Å². The van der Waals surface area contributed by atoms with Crippen molar-refractivity contribution in [3.8, 4) is 11.4 Å². The van der Waals surface area contributed by atoms with Crippen LogP contribution in [-0.2, 0) is 33.9 Å². The van der Waals surface area contributed by atoms with Crippen LogP contribution in [0.25, 0.3) is 22.3 Å². The van der Waals surface area contributed by atoms with Crippen molar-refractivity contribution in [3.05, 3.63) is 61.7 Å². The topological polar surface area (TPSA) is 122 Å². The molecule has 1 amide bonds. The number of esters is 1. The molecule has 0 fully saturated rings. The van der Waals surface area contributed by atoms with E-state index < -0.39 is 17.6 Å². The maximum Gasteiger partial charge on any atom is 0.340 e. The quantitative estimate of drug-likeness (QED) is 0.370. The second-order valence-electron chi connectivity index (χ2n) is 9.56. The summed E-state index contributed by atoms with van der Waals surface area (Å²) in [6, 6.07) is 2.57. The molecule has 3 aromatic rings. The summed E-state index contributed by atoms with van der Waals surface area (Å²) in [5.74, 6) is -1.40. The van der Waals surface area contributed by atoms with Crippen LogP contribution in [-0.4, -0.2) is 49.7 Å². The molecule has 2 atom stereocenters. The van der Waals surface area contributed by atoms with Gasteiger partial charge >= 0.3 is 5.97 Å². The number of aryl methyl sites for hydroxylation is 1. The lowest BCUT2D eigenvalue weighted by molar-refractivity contribution is -0.157. The molecule has 9 nitrogen and oxygen atoms in total. The van der Waals surface area contributed by atoms with Gasteiger partial charge in [0, 0.05) is 36.0 Å². The van der Waals surface area contributed by atoms with Gasteiger partial charge < -0.3 is 24.4 Å². The highest BCUT2D eigenvalue weighted by atomic mass is 19.1. The molecule has 10 heteroatoms. The van der Waals surface area contributed by atoms with Crippen LogP contribution in [0.1, 0.15) is 86.6 Å². The van der Waals surface area contributed by atoms with Crippen molar-refractivity contribution in [2.24, 2.45) is 0 Å². The third-order valence-electron chi connectivity index (χ3n) is 7.74. The first-order valence-electron chi connectivity index (χ1n) is 13.9. The predicted molar refractivity (Wildman–Crippen MR) is 148 cm³/mol. The molecule has 2 unspecified atom stereocenters. The molecular formula is C30H36FN3O6. The Hall–Kier alpha value is -3.63. The van der Waals surface area contributed by atoms with E-state index in [4.69, 9.17) is 9.72 Å². The molecule has 3 aliphatic rings. The van der Waals surface area contributed by atoms with Crippen LogP contribution >= 0.6 is 0 Å².